The lowest BCUT2D eigenvalue weighted by Gasteiger charge is -2.18. The summed E-state index contributed by atoms with van der Waals surface area (Å²) in [6.07, 6.45) is 3.15. The zero-order valence-electron chi connectivity index (χ0n) is 12.7. The van der Waals surface area contributed by atoms with Gasteiger partial charge in [0.25, 0.3) is 0 Å². The van der Waals surface area contributed by atoms with Gasteiger partial charge in [-0.25, -0.2) is 0 Å². The molecule has 0 aliphatic heterocycles. The van der Waals surface area contributed by atoms with Gasteiger partial charge < -0.3 is 10.2 Å². The highest BCUT2D eigenvalue weighted by Gasteiger charge is 2.13. The normalized spacial score (nSPS) is 12.3. The first-order valence-electron chi connectivity index (χ1n) is 7.05. The minimum absolute atomic E-state index is 0.0483. The van der Waals surface area contributed by atoms with E-state index in [0.717, 1.165) is 0 Å². The van der Waals surface area contributed by atoms with E-state index < -0.39 is 5.54 Å². The average Bonchev–Trinajstić information content (AvgIpc) is 2.48. The van der Waals surface area contributed by atoms with Crippen LogP contribution in [0.2, 0.25) is 0 Å². The molecule has 2 aromatic carbocycles. The second-order valence-electron chi connectivity index (χ2n) is 5.62. The van der Waals surface area contributed by atoms with Crippen molar-refractivity contribution >= 4 is 12.4 Å². The van der Waals surface area contributed by atoms with E-state index in [4.69, 9.17) is 0 Å². The van der Waals surface area contributed by atoms with Crippen LogP contribution in [0, 0.1) is 0 Å². The molecule has 0 radical (unpaired) electrons. The van der Waals surface area contributed by atoms with Gasteiger partial charge in [0, 0.05) is 12.4 Å². The summed E-state index contributed by atoms with van der Waals surface area (Å²) in [6.45, 7) is 4.29. The van der Waals surface area contributed by atoms with Gasteiger partial charge in [-0.2, -0.15) is 0 Å². The Morgan fingerprint density at radius 2 is 1.36 bits per heavy atom. The fraction of sp³-hybridized carbons (Fsp3) is 0.222. The molecule has 114 valence electrons. The molecular weight excluding hydrogens is 276 g/mol. The van der Waals surface area contributed by atoms with Gasteiger partial charge in [0.2, 0.25) is 0 Å². The summed E-state index contributed by atoms with van der Waals surface area (Å²) in [5.74, 6) is -0.0985. The second-order valence-corrected chi connectivity index (χ2v) is 5.62. The molecule has 0 unspecified atom stereocenters. The van der Waals surface area contributed by atoms with Gasteiger partial charge in [-0.05, 0) is 25.0 Å². The van der Waals surface area contributed by atoms with Crippen molar-refractivity contribution in [3.8, 4) is 11.5 Å². The first kappa shape index (κ1) is 15.8. The highest BCUT2D eigenvalue weighted by atomic mass is 16.3. The monoisotopic (exact) mass is 294 g/mol. The lowest BCUT2D eigenvalue weighted by molar-refractivity contribution is -0.269. The molecule has 0 aliphatic rings. The van der Waals surface area contributed by atoms with E-state index in [9.17, 15) is 10.2 Å². The third kappa shape index (κ3) is 4.45. The Kier molecular flexibility index (Phi) is 4.94. The standard InChI is InChI=1S/C18H20N2O2/c1-18(2,20-12-15-8-4-6-10-17(15)22)13-19-11-14-7-3-5-9-16(14)21/h3-12,21-22H,13H2,1-2H3/p-2. The van der Waals surface area contributed by atoms with Gasteiger partial charge in [-0.1, -0.05) is 48.5 Å². The third-order valence-electron chi connectivity index (χ3n) is 3.10. The van der Waals surface area contributed by atoms with Crippen molar-refractivity contribution in [3.63, 3.8) is 0 Å². The smallest absolute Gasteiger partial charge is 0.0746 e. The Morgan fingerprint density at radius 1 is 0.864 bits per heavy atom. The quantitative estimate of drug-likeness (QED) is 0.793. The summed E-state index contributed by atoms with van der Waals surface area (Å²) < 4.78 is 0. The van der Waals surface area contributed by atoms with Gasteiger partial charge >= 0.3 is 0 Å². The minimum atomic E-state index is -0.448. The van der Waals surface area contributed by atoms with Crippen LogP contribution in [0.1, 0.15) is 25.0 Å². The van der Waals surface area contributed by atoms with Crippen molar-refractivity contribution in [2.45, 2.75) is 19.4 Å². The van der Waals surface area contributed by atoms with Gasteiger partial charge in [0.05, 0.1) is 12.1 Å². The molecule has 0 amide bonds. The number of nitrogens with zero attached hydrogens (tertiary/aromatic N) is 2. The molecule has 0 aromatic heterocycles. The maximum atomic E-state index is 11.6. The highest BCUT2D eigenvalue weighted by molar-refractivity contribution is 5.84. The summed E-state index contributed by atoms with van der Waals surface area (Å²) in [4.78, 5) is 8.72. The number of para-hydroxylation sites is 2. The summed E-state index contributed by atoms with van der Waals surface area (Å²) >= 11 is 0. The Labute approximate surface area is 130 Å². The summed E-state index contributed by atoms with van der Waals surface area (Å²) in [6, 6.07) is 13.5. The molecule has 4 nitrogen and oxygen atoms in total. The zero-order valence-corrected chi connectivity index (χ0v) is 12.7. The number of benzene rings is 2. The van der Waals surface area contributed by atoms with Gasteiger partial charge in [0.1, 0.15) is 0 Å². The third-order valence-corrected chi connectivity index (χ3v) is 3.10. The summed E-state index contributed by atoms with van der Waals surface area (Å²) in [7, 11) is 0. The van der Waals surface area contributed by atoms with E-state index in [0.29, 0.717) is 17.7 Å². The van der Waals surface area contributed by atoms with Crippen LogP contribution < -0.4 is 10.2 Å². The maximum absolute atomic E-state index is 11.6. The number of aliphatic imine (C=N–C) groups is 2. The van der Waals surface area contributed by atoms with E-state index >= 15 is 0 Å². The van der Waals surface area contributed by atoms with Crippen LogP contribution in [0.3, 0.4) is 0 Å². The van der Waals surface area contributed by atoms with E-state index in [2.05, 4.69) is 9.98 Å². The molecule has 2 rings (SSSR count). The van der Waals surface area contributed by atoms with E-state index in [-0.39, 0.29) is 11.5 Å². The first-order chi connectivity index (χ1) is 10.5. The van der Waals surface area contributed by atoms with Crippen LogP contribution in [0.5, 0.6) is 11.5 Å². The number of rotatable bonds is 5. The maximum Gasteiger partial charge on any atom is 0.0746 e. The lowest BCUT2D eigenvalue weighted by atomic mass is 10.1. The van der Waals surface area contributed by atoms with Gasteiger partial charge in [-0.3, -0.25) is 9.98 Å². The van der Waals surface area contributed by atoms with Gasteiger partial charge in [-0.15, -0.1) is 11.5 Å². The number of hydrogen-bond donors (Lipinski definition) is 0. The van der Waals surface area contributed by atoms with Gasteiger partial charge in [0.15, 0.2) is 0 Å². The lowest BCUT2D eigenvalue weighted by Crippen LogP contribution is -2.21. The van der Waals surface area contributed by atoms with Crippen molar-refractivity contribution < 1.29 is 10.2 Å². The molecule has 0 aliphatic carbocycles. The van der Waals surface area contributed by atoms with E-state index in [1.807, 2.05) is 13.8 Å². The molecule has 0 saturated heterocycles. The van der Waals surface area contributed by atoms with Crippen LogP contribution in [0.15, 0.2) is 58.5 Å². The average molecular weight is 294 g/mol. The predicted molar refractivity (Wildman–Crippen MR) is 85.9 cm³/mol. The molecule has 0 atom stereocenters. The largest absolute Gasteiger partial charge is 0.872 e. The van der Waals surface area contributed by atoms with Crippen LogP contribution >= 0.6 is 0 Å². The topological polar surface area (TPSA) is 70.8 Å². The fourth-order valence-electron chi connectivity index (χ4n) is 1.83. The van der Waals surface area contributed by atoms with Crippen LogP contribution in [0.4, 0.5) is 0 Å². The van der Waals surface area contributed by atoms with Crippen molar-refractivity contribution in [1.29, 1.82) is 0 Å². The molecule has 22 heavy (non-hydrogen) atoms. The SMILES string of the molecule is CC(C)(CN=Cc1ccccc1[O-])N=Cc1ccccc1[O-]. The minimum Gasteiger partial charge on any atom is -0.872 e. The molecular formula is C18H18N2O2-2. The predicted octanol–water partition coefficient (Wildman–Crippen LogP) is 2.15. The van der Waals surface area contributed by atoms with Crippen molar-refractivity contribution in [1.82, 2.24) is 0 Å². The highest BCUT2D eigenvalue weighted by Crippen LogP contribution is 2.14. The molecule has 0 spiro atoms. The molecule has 4 heteroatoms. The molecule has 0 saturated carbocycles. The van der Waals surface area contributed by atoms with E-state index in [1.165, 1.54) is 12.1 Å². The van der Waals surface area contributed by atoms with Crippen LogP contribution in [-0.2, 0) is 0 Å². The van der Waals surface area contributed by atoms with Crippen LogP contribution in [-0.4, -0.2) is 24.5 Å². The molecule has 2 aromatic rings. The number of hydrogen-bond acceptors (Lipinski definition) is 4. The Hall–Kier alpha value is -2.62. The molecule has 0 N–H and O–H groups in total. The Morgan fingerprint density at radius 3 is 1.91 bits per heavy atom. The fourth-order valence-corrected chi connectivity index (χ4v) is 1.83. The van der Waals surface area contributed by atoms with Crippen molar-refractivity contribution in [2.75, 3.05) is 6.54 Å². The van der Waals surface area contributed by atoms with Crippen molar-refractivity contribution in [2.24, 2.45) is 9.98 Å². The van der Waals surface area contributed by atoms with Crippen LogP contribution in [0.25, 0.3) is 0 Å². The zero-order chi connectivity index (χ0) is 16.0. The Balaban J connectivity index is 2.02. The Bertz CT molecular complexity index is 691. The summed E-state index contributed by atoms with van der Waals surface area (Å²) in [5, 5.41) is 23.2. The molecule has 0 bridgehead atoms. The molecule has 0 heterocycles. The first-order valence-corrected chi connectivity index (χ1v) is 7.05. The van der Waals surface area contributed by atoms with E-state index in [1.54, 1.807) is 48.8 Å². The van der Waals surface area contributed by atoms with Crippen molar-refractivity contribution in [3.05, 3.63) is 59.7 Å². The molecule has 0 fully saturated rings. The second kappa shape index (κ2) is 6.89. The summed E-state index contributed by atoms with van der Waals surface area (Å²) in [5.41, 5.74) is 0.674.